The van der Waals surface area contributed by atoms with E-state index >= 15 is 0 Å². The predicted molar refractivity (Wildman–Crippen MR) is 59.2 cm³/mol. The zero-order valence-corrected chi connectivity index (χ0v) is 10.2. The fourth-order valence-electron chi connectivity index (χ4n) is 1.40. The maximum absolute atomic E-state index is 11.8. The molecule has 6 nitrogen and oxygen atoms in total. The quantitative estimate of drug-likeness (QED) is 0.664. The van der Waals surface area contributed by atoms with Crippen LogP contribution in [0.5, 0.6) is 0 Å². The van der Waals surface area contributed by atoms with Crippen LogP contribution < -0.4 is 4.72 Å². The number of aromatic nitrogens is 2. The van der Waals surface area contributed by atoms with E-state index in [4.69, 9.17) is 5.11 Å². The number of aromatic amines is 1. The molecule has 0 saturated carbocycles. The first-order valence-corrected chi connectivity index (χ1v) is 6.55. The van der Waals surface area contributed by atoms with Crippen LogP contribution in [0.25, 0.3) is 0 Å². The van der Waals surface area contributed by atoms with Gasteiger partial charge in [0, 0.05) is 6.04 Å². The summed E-state index contributed by atoms with van der Waals surface area (Å²) < 4.78 is 25.9. The molecule has 0 aromatic carbocycles. The van der Waals surface area contributed by atoms with E-state index in [1.54, 1.807) is 0 Å². The van der Waals surface area contributed by atoms with Gasteiger partial charge in [-0.3, -0.25) is 0 Å². The second-order valence-corrected chi connectivity index (χ2v) is 5.73. The molecule has 0 amide bonds. The highest BCUT2D eigenvalue weighted by Gasteiger charge is 2.21. The first kappa shape index (κ1) is 13.1. The Bertz CT molecular complexity index is 400. The third kappa shape index (κ3) is 3.58. The molecule has 0 aliphatic carbocycles. The Kier molecular flexibility index (Phi) is 4.45. The van der Waals surface area contributed by atoms with E-state index in [2.05, 4.69) is 14.7 Å². The van der Waals surface area contributed by atoms with Crippen LogP contribution >= 0.6 is 0 Å². The summed E-state index contributed by atoms with van der Waals surface area (Å²) in [6.07, 6.45) is 3.11. The summed E-state index contributed by atoms with van der Waals surface area (Å²) in [4.78, 5) is 6.16. The third-order valence-corrected chi connectivity index (χ3v) is 3.51. The first-order chi connectivity index (χ1) is 7.45. The summed E-state index contributed by atoms with van der Waals surface area (Å²) in [5.41, 5.74) is 0. The number of hydrogen-bond donors (Lipinski definition) is 3. The van der Waals surface area contributed by atoms with Crippen molar-refractivity contribution in [1.82, 2.24) is 14.7 Å². The van der Waals surface area contributed by atoms with Crippen molar-refractivity contribution >= 4 is 10.0 Å². The molecule has 7 heteroatoms. The molecule has 1 atom stereocenters. The fraction of sp³-hybridized carbons (Fsp3) is 0.667. The molecule has 0 bridgehead atoms. The molecule has 1 aromatic heterocycles. The van der Waals surface area contributed by atoms with Crippen molar-refractivity contribution in [3.63, 3.8) is 0 Å². The van der Waals surface area contributed by atoms with E-state index in [0.717, 1.165) is 0 Å². The molecule has 0 radical (unpaired) electrons. The van der Waals surface area contributed by atoms with Gasteiger partial charge in [-0.25, -0.2) is 18.1 Å². The largest absolute Gasteiger partial charge is 0.395 e. The number of imidazole rings is 1. The van der Waals surface area contributed by atoms with Gasteiger partial charge in [-0.15, -0.1) is 0 Å². The second-order valence-electron chi connectivity index (χ2n) is 4.05. The van der Waals surface area contributed by atoms with E-state index in [9.17, 15) is 8.42 Å². The van der Waals surface area contributed by atoms with Crippen molar-refractivity contribution < 1.29 is 13.5 Å². The molecular formula is C9H17N3O3S. The van der Waals surface area contributed by atoms with Crippen molar-refractivity contribution in [2.45, 2.75) is 31.3 Å². The minimum Gasteiger partial charge on any atom is -0.395 e. The van der Waals surface area contributed by atoms with Crippen LogP contribution in [0.15, 0.2) is 17.6 Å². The molecule has 0 saturated heterocycles. The van der Waals surface area contributed by atoms with Gasteiger partial charge in [0.15, 0.2) is 5.03 Å². The Morgan fingerprint density at radius 2 is 2.25 bits per heavy atom. The van der Waals surface area contributed by atoms with Gasteiger partial charge in [0.05, 0.1) is 19.1 Å². The Balaban J connectivity index is 2.71. The van der Waals surface area contributed by atoms with Crippen LogP contribution in [0, 0.1) is 5.92 Å². The van der Waals surface area contributed by atoms with E-state index in [-0.39, 0.29) is 11.6 Å². The lowest BCUT2D eigenvalue weighted by Crippen LogP contribution is -2.38. The lowest BCUT2D eigenvalue weighted by molar-refractivity contribution is 0.240. The van der Waals surface area contributed by atoms with Crippen molar-refractivity contribution in [1.29, 1.82) is 0 Å². The van der Waals surface area contributed by atoms with Crippen molar-refractivity contribution in [2.24, 2.45) is 5.92 Å². The maximum Gasteiger partial charge on any atom is 0.257 e. The minimum absolute atomic E-state index is 0.00899. The van der Waals surface area contributed by atoms with Gasteiger partial charge in [-0.2, -0.15) is 0 Å². The van der Waals surface area contributed by atoms with Gasteiger partial charge in [0.2, 0.25) is 0 Å². The fourth-order valence-corrected chi connectivity index (χ4v) is 2.55. The number of aliphatic hydroxyl groups is 1. The SMILES string of the molecule is CC(C)CC(CO)NS(=O)(=O)c1cnc[nH]1. The van der Waals surface area contributed by atoms with Gasteiger partial charge in [-0.1, -0.05) is 13.8 Å². The van der Waals surface area contributed by atoms with E-state index in [1.165, 1.54) is 12.5 Å². The number of rotatable bonds is 6. The average molecular weight is 247 g/mol. The standard InChI is InChI=1S/C9H17N3O3S/c1-7(2)3-8(5-13)12-16(14,15)9-4-10-6-11-9/h4,6-8,12-13H,3,5H2,1-2H3,(H,10,11). The molecule has 16 heavy (non-hydrogen) atoms. The number of nitrogens with zero attached hydrogens (tertiary/aromatic N) is 1. The van der Waals surface area contributed by atoms with Gasteiger partial charge in [0.1, 0.15) is 0 Å². The number of hydrogen-bond acceptors (Lipinski definition) is 4. The molecule has 92 valence electrons. The molecule has 3 N–H and O–H groups in total. The monoisotopic (exact) mass is 247 g/mol. The van der Waals surface area contributed by atoms with Crippen LogP contribution in [0.2, 0.25) is 0 Å². The zero-order chi connectivity index (χ0) is 12.2. The average Bonchev–Trinajstić information content (AvgIpc) is 2.68. The number of sulfonamides is 1. The van der Waals surface area contributed by atoms with Crippen LogP contribution in [-0.4, -0.2) is 36.1 Å². The molecular weight excluding hydrogens is 230 g/mol. The van der Waals surface area contributed by atoms with Crippen molar-refractivity contribution in [2.75, 3.05) is 6.61 Å². The van der Waals surface area contributed by atoms with E-state index in [0.29, 0.717) is 12.3 Å². The minimum atomic E-state index is -3.60. The zero-order valence-electron chi connectivity index (χ0n) is 9.34. The molecule has 1 unspecified atom stereocenters. The van der Waals surface area contributed by atoms with Crippen LogP contribution in [0.4, 0.5) is 0 Å². The van der Waals surface area contributed by atoms with Gasteiger partial charge >= 0.3 is 0 Å². The van der Waals surface area contributed by atoms with Crippen LogP contribution in [-0.2, 0) is 10.0 Å². The lowest BCUT2D eigenvalue weighted by Gasteiger charge is -2.17. The number of aliphatic hydroxyl groups excluding tert-OH is 1. The molecule has 0 fully saturated rings. The van der Waals surface area contributed by atoms with Crippen LogP contribution in [0.3, 0.4) is 0 Å². The number of H-pyrrole nitrogens is 1. The molecule has 1 heterocycles. The summed E-state index contributed by atoms with van der Waals surface area (Å²) in [6, 6.07) is -0.465. The first-order valence-electron chi connectivity index (χ1n) is 5.07. The Hall–Kier alpha value is -0.920. The lowest BCUT2D eigenvalue weighted by atomic mass is 10.1. The van der Waals surface area contributed by atoms with Crippen LogP contribution in [0.1, 0.15) is 20.3 Å². The molecule has 1 rings (SSSR count). The molecule has 0 aliphatic heterocycles. The molecule has 0 spiro atoms. The molecule has 0 aliphatic rings. The third-order valence-electron chi connectivity index (χ3n) is 2.06. The topological polar surface area (TPSA) is 95.1 Å². The summed E-state index contributed by atoms with van der Waals surface area (Å²) in [5.74, 6) is 0.307. The predicted octanol–water partition coefficient (Wildman–Crippen LogP) is 0.0950. The van der Waals surface area contributed by atoms with E-state index < -0.39 is 16.1 Å². The summed E-state index contributed by atoms with van der Waals surface area (Å²) >= 11 is 0. The Labute approximate surface area is 95.2 Å². The summed E-state index contributed by atoms with van der Waals surface area (Å²) in [7, 11) is -3.60. The van der Waals surface area contributed by atoms with Gasteiger partial charge in [-0.05, 0) is 12.3 Å². The highest BCUT2D eigenvalue weighted by atomic mass is 32.2. The van der Waals surface area contributed by atoms with E-state index in [1.807, 2.05) is 13.8 Å². The number of nitrogens with one attached hydrogen (secondary N) is 2. The highest BCUT2D eigenvalue weighted by Crippen LogP contribution is 2.08. The normalized spacial score (nSPS) is 14.2. The highest BCUT2D eigenvalue weighted by molar-refractivity contribution is 7.89. The van der Waals surface area contributed by atoms with Crippen molar-refractivity contribution in [3.05, 3.63) is 12.5 Å². The smallest absolute Gasteiger partial charge is 0.257 e. The van der Waals surface area contributed by atoms with Gasteiger partial charge < -0.3 is 10.1 Å². The Morgan fingerprint density at radius 1 is 1.56 bits per heavy atom. The Morgan fingerprint density at radius 3 is 2.69 bits per heavy atom. The molecule has 1 aromatic rings. The van der Waals surface area contributed by atoms with Crippen molar-refractivity contribution in [3.8, 4) is 0 Å². The second kappa shape index (κ2) is 5.42. The van der Waals surface area contributed by atoms with Gasteiger partial charge in [0.25, 0.3) is 10.0 Å². The summed E-state index contributed by atoms with van der Waals surface area (Å²) in [5, 5.41) is 9.09. The maximum atomic E-state index is 11.8. The summed E-state index contributed by atoms with van der Waals surface area (Å²) in [6.45, 7) is 3.71.